The van der Waals surface area contributed by atoms with Crippen LogP contribution in [0.3, 0.4) is 0 Å². The lowest BCUT2D eigenvalue weighted by Gasteiger charge is -2.24. The molecule has 0 aromatic carbocycles. The van der Waals surface area contributed by atoms with E-state index < -0.39 is 0 Å². The van der Waals surface area contributed by atoms with Gasteiger partial charge in [-0.2, -0.15) is 0 Å². The van der Waals surface area contributed by atoms with Gasteiger partial charge >= 0.3 is 0 Å². The first-order chi connectivity index (χ1) is 6.45. The van der Waals surface area contributed by atoms with Crippen molar-refractivity contribution in [1.82, 2.24) is 0 Å². The monoisotopic (exact) mass is 178 g/mol. The van der Waals surface area contributed by atoms with Gasteiger partial charge in [-0.05, 0) is 50.7 Å². The molecule has 0 heterocycles. The van der Waals surface area contributed by atoms with Gasteiger partial charge in [-0.3, -0.25) is 0 Å². The zero-order chi connectivity index (χ0) is 8.93. The Kier molecular flexibility index (Phi) is 3.07. The fraction of sp³-hybridized carbons (Fsp3) is 0.667. The quantitative estimate of drug-likeness (QED) is 0.628. The van der Waals surface area contributed by atoms with Crippen LogP contribution in [0, 0.1) is 0 Å². The van der Waals surface area contributed by atoms with Gasteiger partial charge in [0.05, 0.1) is 6.10 Å². The van der Waals surface area contributed by atoms with E-state index in [1.54, 1.807) is 0 Å². The van der Waals surface area contributed by atoms with E-state index in [0.717, 1.165) is 12.2 Å². The summed E-state index contributed by atoms with van der Waals surface area (Å²) in [5, 5.41) is 0. The lowest BCUT2D eigenvalue weighted by atomic mass is 9.97. The molecule has 0 aromatic heterocycles. The predicted molar refractivity (Wildman–Crippen MR) is 54.4 cm³/mol. The molecule has 0 atom stereocenters. The third kappa shape index (κ3) is 2.61. The van der Waals surface area contributed by atoms with Gasteiger partial charge < -0.3 is 4.74 Å². The minimum absolute atomic E-state index is 0.503. The van der Waals surface area contributed by atoms with E-state index in [9.17, 15) is 0 Å². The molecule has 0 unspecified atom stereocenters. The van der Waals surface area contributed by atoms with Gasteiger partial charge in [0, 0.05) is 0 Å². The van der Waals surface area contributed by atoms with Crippen LogP contribution in [0.15, 0.2) is 24.0 Å². The highest BCUT2D eigenvalue weighted by molar-refractivity contribution is 5.16. The topological polar surface area (TPSA) is 9.23 Å². The van der Waals surface area contributed by atoms with E-state index in [1.165, 1.54) is 38.5 Å². The summed E-state index contributed by atoms with van der Waals surface area (Å²) in [6, 6.07) is 0. The van der Waals surface area contributed by atoms with Gasteiger partial charge in [0.2, 0.25) is 0 Å². The van der Waals surface area contributed by atoms with Crippen molar-refractivity contribution in [2.45, 2.75) is 51.0 Å². The Labute approximate surface area is 80.5 Å². The van der Waals surface area contributed by atoms with Crippen molar-refractivity contribution in [2.24, 2.45) is 0 Å². The van der Waals surface area contributed by atoms with E-state index in [2.05, 4.69) is 18.2 Å². The molecule has 1 saturated carbocycles. The molecule has 1 heteroatoms. The normalized spacial score (nSPS) is 24.2. The minimum atomic E-state index is 0.503. The fourth-order valence-corrected chi connectivity index (χ4v) is 2.05. The molecular formula is C12H18O. The molecule has 0 spiro atoms. The van der Waals surface area contributed by atoms with E-state index in [-0.39, 0.29) is 0 Å². The van der Waals surface area contributed by atoms with Gasteiger partial charge in [0.15, 0.2) is 0 Å². The molecule has 0 aliphatic heterocycles. The molecule has 0 saturated heterocycles. The summed E-state index contributed by atoms with van der Waals surface area (Å²) in [4.78, 5) is 0. The second kappa shape index (κ2) is 4.50. The van der Waals surface area contributed by atoms with Crippen molar-refractivity contribution in [3.05, 3.63) is 24.0 Å². The largest absolute Gasteiger partial charge is 0.491 e. The zero-order valence-electron chi connectivity index (χ0n) is 8.17. The first-order valence-corrected chi connectivity index (χ1v) is 5.48. The smallest absolute Gasteiger partial charge is 0.115 e. The summed E-state index contributed by atoms with van der Waals surface area (Å²) in [5.41, 5.74) is 0. The lowest BCUT2D eigenvalue weighted by molar-refractivity contribution is 0.0889. The number of hydrogen-bond acceptors (Lipinski definition) is 1. The van der Waals surface area contributed by atoms with Crippen molar-refractivity contribution in [1.29, 1.82) is 0 Å². The predicted octanol–water partition coefficient (Wildman–Crippen LogP) is 3.57. The molecule has 72 valence electrons. The van der Waals surface area contributed by atoms with Crippen LogP contribution in [0.4, 0.5) is 0 Å². The van der Waals surface area contributed by atoms with Crippen molar-refractivity contribution in [3.8, 4) is 0 Å². The van der Waals surface area contributed by atoms with Crippen molar-refractivity contribution in [3.63, 3.8) is 0 Å². The Hall–Kier alpha value is -0.720. The maximum atomic E-state index is 5.91. The summed E-state index contributed by atoms with van der Waals surface area (Å²) in [7, 11) is 0. The highest BCUT2D eigenvalue weighted by atomic mass is 16.5. The second-order valence-corrected chi connectivity index (χ2v) is 3.96. The average molecular weight is 178 g/mol. The number of ether oxygens (including phenoxy) is 1. The van der Waals surface area contributed by atoms with Crippen molar-refractivity contribution < 1.29 is 4.74 Å². The van der Waals surface area contributed by atoms with Gasteiger partial charge in [-0.25, -0.2) is 0 Å². The molecule has 2 aliphatic carbocycles. The molecule has 0 radical (unpaired) electrons. The second-order valence-electron chi connectivity index (χ2n) is 3.96. The third-order valence-corrected chi connectivity index (χ3v) is 2.82. The molecule has 2 aliphatic rings. The van der Waals surface area contributed by atoms with Gasteiger partial charge in [-0.15, -0.1) is 0 Å². The summed E-state index contributed by atoms with van der Waals surface area (Å²) in [6.45, 7) is 0. The molecule has 13 heavy (non-hydrogen) atoms. The SMILES string of the molecule is C1=CC(OC2CCCCC2)=CCC1. The Morgan fingerprint density at radius 2 is 1.92 bits per heavy atom. The fourth-order valence-electron chi connectivity index (χ4n) is 2.05. The van der Waals surface area contributed by atoms with Crippen LogP contribution in [0.25, 0.3) is 0 Å². The molecule has 0 amide bonds. The number of allylic oxidation sites excluding steroid dienone is 3. The van der Waals surface area contributed by atoms with Crippen LogP contribution < -0.4 is 0 Å². The highest BCUT2D eigenvalue weighted by Crippen LogP contribution is 2.23. The first kappa shape index (κ1) is 8.86. The Morgan fingerprint density at radius 3 is 2.62 bits per heavy atom. The van der Waals surface area contributed by atoms with Crippen LogP contribution in [-0.4, -0.2) is 6.10 Å². The van der Waals surface area contributed by atoms with Gasteiger partial charge in [-0.1, -0.05) is 12.5 Å². The van der Waals surface area contributed by atoms with E-state index >= 15 is 0 Å². The summed E-state index contributed by atoms with van der Waals surface area (Å²) in [5.74, 6) is 1.11. The van der Waals surface area contributed by atoms with E-state index in [4.69, 9.17) is 4.74 Å². The van der Waals surface area contributed by atoms with Crippen LogP contribution in [-0.2, 0) is 4.74 Å². The molecule has 1 fully saturated rings. The summed E-state index contributed by atoms with van der Waals surface area (Å²) in [6.07, 6.45) is 16.0. The number of hydrogen-bond donors (Lipinski definition) is 0. The molecule has 0 aromatic rings. The van der Waals surface area contributed by atoms with Crippen LogP contribution in [0.1, 0.15) is 44.9 Å². The van der Waals surface area contributed by atoms with Crippen LogP contribution >= 0.6 is 0 Å². The molecule has 2 rings (SSSR count). The Balaban J connectivity index is 1.82. The van der Waals surface area contributed by atoms with E-state index in [0.29, 0.717) is 6.10 Å². The highest BCUT2D eigenvalue weighted by Gasteiger charge is 2.15. The number of rotatable bonds is 2. The third-order valence-electron chi connectivity index (χ3n) is 2.82. The van der Waals surface area contributed by atoms with Crippen molar-refractivity contribution >= 4 is 0 Å². The molecule has 1 nitrogen and oxygen atoms in total. The summed E-state index contributed by atoms with van der Waals surface area (Å²) >= 11 is 0. The zero-order valence-corrected chi connectivity index (χ0v) is 8.17. The van der Waals surface area contributed by atoms with Crippen LogP contribution in [0.2, 0.25) is 0 Å². The maximum Gasteiger partial charge on any atom is 0.115 e. The van der Waals surface area contributed by atoms with Crippen LogP contribution in [0.5, 0.6) is 0 Å². The van der Waals surface area contributed by atoms with Gasteiger partial charge in [0.1, 0.15) is 5.76 Å². The minimum Gasteiger partial charge on any atom is -0.491 e. The lowest BCUT2D eigenvalue weighted by Crippen LogP contribution is -2.16. The molecular weight excluding hydrogens is 160 g/mol. The summed E-state index contributed by atoms with van der Waals surface area (Å²) < 4.78 is 5.91. The molecule has 0 bridgehead atoms. The van der Waals surface area contributed by atoms with E-state index in [1.807, 2.05) is 0 Å². The average Bonchev–Trinajstić information content (AvgIpc) is 2.21. The Morgan fingerprint density at radius 1 is 1.08 bits per heavy atom. The standard InChI is InChI=1S/C12H18O/c1-3-7-11(8-4-1)13-12-9-5-2-6-10-12/h3,7-8,12H,1-2,4-6,9-10H2. The van der Waals surface area contributed by atoms with Crippen molar-refractivity contribution in [2.75, 3.05) is 0 Å². The maximum absolute atomic E-state index is 5.91. The first-order valence-electron chi connectivity index (χ1n) is 5.48. The molecule has 0 N–H and O–H groups in total. The Bertz CT molecular complexity index is 209. The van der Waals surface area contributed by atoms with Gasteiger partial charge in [0.25, 0.3) is 0 Å².